The molecule has 6 aromatic rings. The van der Waals surface area contributed by atoms with Crippen LogP contribution < -0.4 is 31.8 Å². The smallest absolute Gasteiger partial charge is 1.00 e. The molecule has 0 nitrogen and oxygen atoms in total. The van der Waals surface area contributed by atoms with Gasteiger partial charge in [0.2, 0.25) is 0 Å². The molecule has 0 amide bonds. The second kappa shape index (κ2) is 17.1. The van der Waals surface area contributed by atoms with Crippen molar-refractivity contribution in [2.45, 2.75) is 27.7 Å². The molecule has 250 valence electrons. The van der Waals surface area contributed by atoms with Gasteiger partial charge in [0, 0.05) is 0 Å². The van der Waals surface area contributed by atoms with Gasteiger partial charge < -0.3 is 0 Å². The number of hydrogen-bond acceptors (Lipinski definition) is 0. The van der Waals surface area contributed by atoms with Crippen LogP contribution in [0.25, 0.3) is 0 Å². The molecule has 0 saturated carbocycles. The van der Waals surface area contributed by atoms with Gasteiger partial charge in [-0.3, -0.25) is 0 Å². The summed E-state index contributed by atoms with van der Waals surface area (Å²) in [6.07, 6.45) is 2.38. The Kier molecular flexibility index (Phi) is 13.5. The summed E-state index contributed by atoms with van der Waals surface area (Å²) in [5.74, 6) is 0.307. The molecule has 0 atom stereocenters. The molecule has 0 aliphatic carbocycles. The van der Waals surface area contributed by atoms with Gasteiger partial charge in [0.25, 0.3) is 0 Å². The van der Waals surface area contributed by atoms with Gasteiger partial charge in [-0.25, -0.2) is 0 Å². The van der Waals surface area contributed by atoms with E-state index in [0.717, 1.165) is 0 Å². The number of rotatable bonds is 9. The molecule has 6 rings (SSSR count). The first kappa shape index (κ1) is 37.9. The quantitative estimate of drug-likeness (QED) is 0.0779. The Morgan fingerprint density at radius 1 is 0.458 bits per heavy atom. The largest absolute Gasteiger partial charge is 1.00 e. The molecule has 0 unspecified atom stereocenters. The second-order valence-corrected chi connectivity index (χ2v) is 22.0. The van der Waals surface area contributed by atoms with Gasteiger partial charge >= 0.3 is 172 Å². The first-order chi connectivity index (χ1) is 22.8. The second-order valence-electron chi connectivity index (χ2n) is 12.6. The SMILES string of the molecule is CC(C)C=P(c1ccccc1)(c1ccccc1)c1ccccc1.CC(C)[CH-]P(Cl)(c1ccccc1)(c1ccccc1)c1ccccc1.[Ag+]. The van der Waals surface area contributed by atoms with Gasteiger partial charge in [0.05, 0.1) is 0 Å². The molecule has 0 N–H and O–H groups in total. The zero-order valence-corrected chi connectivity index (χ0v) is 32.2. The Labute approximate surface area is 309 Å². The maximum Gasteiger partial charge on any atom is 1.00 e. The maximum absolute atomic E-state index is 7.84. The van der Waals surface area contributed by atoms with Crippen molar-refractivity contribution < 1.29 is 22.4 Å². The van der Waals surface area contributed by atoms with Crippen LogP contribution in [0.3, 0.4) is 0 Å². The Morgan fingerprint density at radius 3 is 0.938 bits per heavy atom. The van der Waals surface area contributed by atoms with E-state index < -0.39 is 12.8 Å². The molecule has 0 saturated heterocycles. The molecule has 0 aliphatic rings. The van der Waals surface area contributed by atoms with Gasteiger partial charge in [0.15, 0.2) is 0 Å². The molecular weight excluding hydrogens is 734 g/mol. The van der Waals surface area contributed by atoms with Crippen molar-refractivity contribution in [3.63, 3.8) is 0 Å². The van der Waals surface area contributed by atoms with E-state index in [2.05, 4.69) is 203 Å². The van der Waals surface area contributed by atoms with E-state index in [9.17, 15) is 0 Å². The predicted molar refractivity (Wildman–Crippen MR) is 216 cm³/mol. The van der Waals surface area contributed by atoms with Crippen LogP contribution >= 0.6 is 24.1 Å². The van der Waals surface area contributed by atoms with Gasteiger partial charge in [-0.2, -0.15) is 0 Å². The molecule has 0 aliphatic heterocycles. The van der Waals surface area contributed by atoms with E-state index in [-0.39, 0.29) is 22.4 Å². The summed E-state index contributed by atoms with van der Waals surface area (Å²) in [6, 6.07) is 64.6. The molecule has 0 bridgehead atoms. The fourth-order valence-electron chi connectivity index (χ4n) is 6.57. The summed E-state index contributed by atoms with van der Waals surface area (Å²) >= 11 is 7.84. The van der Waals surface area contributed by atoms with Crippen LogP contribution in [0.5, 0.6) is 0 Å². The van der Waals surface area contributed by atoms with Gasteiger partial charge in [-0.05, 0) is 28.7 Å². The van der Waals surface area contributed by atoms with E-state index in [0.29, 0.717) is 11.8 Å². The van der Waals surface area contributed by atoms with E-state index in [1.165, 1.54) is 31.8 Å². The number of benzene rings is 6. The van der Waals surface area contributed by atoms with Crippen molar-refractivity contribution >= 4 is 61.7 Å². The molecular formula is C44H46AgClP2. The summed E-state index contributed by atoms with van der Waals surface area (Å²) < 4.78 is 0. The van der Waals surface area contributed by atoms with E-state index in [4.69, 9.17) is 11.2 Å². The summed E-state index contributed by atoms with van der Waals surface area (Å²) in [7, 11) is 0. The van der Waals surface area contributed by atoms with Crippen molar-refractivity contribution in [2.24, 2.45) is 11.8 Å². The van der Waals surface area contributed by atoms with Crippen molar-refractivity contribution in [1.29, 1.82) is 0 Å². The third kappa shape index (κ3) is 7.93. The van der Waals surface area contributed by atoms with E-state index in [1.54, 1.807) is 0 Å². The monoisotopic (exact) mass is 778 g/mol. The molecule has 4 heteroatoms. The fraction of sp³-hybridized carbons (Fsp3) is 0.136. The van der Waals surface area contributed by atoms with Crippen LogP contribution in [-0.4, -0.2) is 5.80 Å². The van der Waals surface area contributed by atoms with E-state index >= 15 is 0 Å². The predicted octanol–water partition coefficient (Wildman–Crippen LogP) is 9.92. The molecule has 0 radical (unpaired) electrons. The van der Waals surface area contributed by atoms with Gasteiger partial charge in [0.1, 0.15) is 0 Å². The minimum atomic E-state index is -3.15. The average Bonchev–Trinajstić information content (AvgIpc) is 3.13. The molecule has 0 spiro atoms. The minimum absolute atomic E-state index is 0. The van der Waals surface area contributed by atoms with Crippen molar-refractivity contribution in [1.82, 2.24) is 0 Å². The van der Waals surface area contributed by atoms with Crippen LogP contribution in [-0.2, 0) is 22.4 Å². The summed E-state index contributed by atoms with van der Waals surface area (Å²) in [5, 5.41) is 7.84. The topological polar surface area (TPSA) is 0 Å². The number of halogens is 1. The summed E-state index contributed by atoms with van der Waals surface area (Å²) in [5.41, 5.74) is 0. The summed E-state index contributed by atoms with van der Waals surface area (Å²) in [4.78, 5) is 0. The van der Waals surface area contributed by atoms with Crippen molar-refractivity contribution in [2.75, 3.05) is 0 Å². The Hall–Kier alpha value is -2.92. The molecule has 0 heterocycles. The van der Waals surface area contributed by atoms with Gasteiger partial charge in [-0.15, -0.1) is 0 Å². The maximum atomic E-state index is 7.84. The standard InChI is InChI=1S/C22H23ClP.C22H23P.Ag/c1-19(2)18-24(23,20-12-6-3-7-13-20,21-14-8-4-9-15-21)22-16-10-5-11-17-22;1-19(2)18-23(20-12-6-3-7-13-20,21-14-8-4-9-15-21)22-16-10-5-11-17-22;/h3-19H,1-2H3;3-19H,1-2H3;/q-1;;+1. The Bertz CT molecular complexity index is 1660. The zero-order valence-electron chi connectivity index (χ0n) is 28.2. The van der Waals surface area contributed by atoms with Crippen LogP contribution in [0.2, 0.25) is 0 Å². The first-order valence-corrected chi connectivity index (χ1v) is 21.5. The minimum Gasteiger partial charge on any atom is 1.00 e. The van der Waals surface area contributed by atoms with Gasteiger partial charge in [-0.1, -0.05) is 111 Å². The average molecular weight is 780 g/mol. The molecule has 48 heavy (non-hydrogen) atoms. The van der Waals surface area contributed by atoms with Crippen LogP contribution in [0.4, 0.5) is 0 Å². The molecule has 0 fully saturated rings. The first-order valence-electron chi connectivity index (χ1n) is 16.5. The third-order valence-corrected chi connectivity index (χ3v) is 19.9. The van der Waals surface area contributed by atoms with Crippen LogP contribution in [0, 0.1) is 18.0 Å². The summed E-state index contributed by atoms with van der Waals surface area (Å²) in [6.45, 7) is 7.24. The van der Waals surface area contributed by atoms with Crippen LogP contribution in [0.1, 0.15) is 27.7 Å². The van der Waals surface area contributed by atoms with Crippen molar-refractivity contribution in [3.8, 4) is 0 Å². The van der Waals surface area contributed by atoms with Crippen LogP contribution in [0.15, 0.2) is 182 Å². The van der Waals surface area contributed by atoms with Crippen molar-refractivity contribution in [3.05, 3.63) is 188 Å². The Morgan fingerprint density at radius 2 is 0.708 bits per heavy atom. The normalized spacial score (nSPS) is 12.2. The zero-order chi connectivity index (χ0) is 33.2. The molecule has 6 aromatic carbocycles. The number of hydrogen-bond donors (Lipinski definition) is 0. The van der Waals surface area contributed by atoms with E-state index in [1.807, 2.05) is 18.2 Å². The fourth-order valence-corrected chi connectivity index (χ4v) is 17.3. The molecule has 0 aromatic heterocycles. The third-order valence-electron chi connectivity index (χ3n) is 8.37. The Balaban J connectivity index is 0.000000212.